The third-order valence-corrected chi connectivity index (χ3v) is 4.18. The van der Waals surface area contributed by atoms with E-state index >= 15 is 0 Å². The number of rotatable bonds is 9. The van der Waals surface area contributed by atoms with Gasteiger partial charge < -0.3 is 15.4 Å². The number of benzene rings is 1. The smallest absolute Gasteiger partial charge is 0.220 e. The molecule has 1 amide bonds. The predicted octanol–water partition coefficient (Wildman–Crippen LogP) is 3.97. The molecule has 1 aromatic rings. The normalized spacial score (nSPS) is 14.9. The van der Waals surface area contributed by atoms with E-state index in [-0.39, 0.29) is 5.91 Å². The number of hydrogen-bond donors (Lipinski definition) is 2. The Morgan fingerprint density at radius 3 is 2.52 bits per heavy atom. The highest BCUT2D eigenvalue weighted by Gasteiger charge is 2.16. The zero-order valence-electron chi connectivity index (χ0n) is 14.4. The van der Waals surface area contributed by atoms with Gasteiger partial charge in [0.05, 0.1) is 6.10 Å². The molecule has 4 nitrogen and oxygen atoms in total. The van der Waals surface area contributed by atoms with Crippen LogP contribution in [0, 0.1) is 5.92 Å². The van der Waals surface area contributed by atoms with E-state index in [0.29, 0.717) is 25.0 Å². The molecule has 1 aliphatic rings. The summed E-state index contributed by atoms with van der Waals surface area (Å²) in [6, 6.07) is 8.10. The lowest BCUT2D eigenvalue weighted by atomic mass is 10.1. The molecular formula is C19H30N2O2. The SMILES string of the molecule is CC(C)CCC(=O)NCCNc1ccc(OC2CCCC2)cc1. The van der Waals surface area contributed by atoms with Crippen LogP contribution < -0.4 is 15.4 Å². The zero-order chi connectivity index (χ0) is 16.5. The van der Waals surface area contributed by atoms with Crippen molar-refractivity contribution in [3.63, 3.8) is 0 Å². The third-order valence-electron chi connectivity index (χ3n) is 4.18. The van der Waals surface area contributed by atoms with E-state index < -0.39 is 0 Å². The molecule has 0 aromatic heterocycles. The summed E-state index contributed by atoms with van der Waals surface area (Å²) >= 11 is 0. The zero-order valence-corrected chi connectivity index (χ0v) is 14.4. The standard InChI is InChI=1S/C19H30N2O2/c1-15(2)7-12-19(22)21-14-13-20-16-8-10-18(11-9-16)23-17-5-3-4-6-17/h8-11,15,17,20H,3-7,12-14H2,1-2H3,(H,21,22). The lowest BCUT2D eigenvalue weighted by Gasteiger charge is -2.14. The van der Waals surface area contributed by atoms with Crippen LogP contribution in [0.25, 0.3) is 0 Å². The molecule has 2 rings (SSSR count). The number of ether oxygens (including phenoxy) is 1. The molecule has 0 spiro atoms. The highest BCUT2D eigenvalue weighted by atomic mass is 16.5. The summed E-state index contributed by atoms with van der Waals surface area (Å²) in [5.74, 6) is 1.66. The van der Waals surface area contributed by atoms with Gasteiger partial charge >= 0.3 is 0 Å². The van der Waals surface area contributed by atoms with Crippen LogP contribution >= 0.6 is 0 Å². The molecule has 2 N–H and O–H groups in total. The Hall–Kier alpha value is -1.71. The van der Waals surface area contributed by atoms with Crippen molar-refractivity contribution >= 4 is 11.6 Å². The number of carbonyl (C=O) groups excluding carboxylic acids is 1. The molecule has 1 aliphatic carbocycles. The van der Waals surface area contributed by atoms with Crippen LogP contribution in [0.5, 0.6) is 5.75 Å². The molecule has 1 fully saturated rings. The van der Waals surface area contributed by atoms with Crippen LogP contribution in [0.15, 0.2) is 24.3 Å². The van der Waals surface area contributed by atoms with E-state index in [9.17, 15) is 4.79 Å². The maximum atomic E-state index is 11.6. The Morgan fingerprint density at radius 2 is 1.87 bits per heavy atom. The predicted molar refractivity (Wildman–Crippen MR) is 94.9 cm³/mol. The average Bonchev–Trinajstić information content (AvgIpc) is 3.04. The van der Waals surface area contributed by atoms with Crippen molar-refractivity contribution in [3.05, 3.63) is 24.3 Å². The second-order valence-corrected chi connectivity index (χ2v) is 6.76. The molecule has 4 heteroatoms. The van der Waals surface area contributed by atoms with Crippen LogP contribution in [-0.2, 0) is 4.79 Å². The highest BCUT2D eigenvalue weighted by molar-refractivity contribution is 5.75. The van der Waals surface area contributed by atoms with Crippen molar-refractivity contribution < 1.29 is 9.53 Å². The number of amides is 1. The molecule has 1 saturated carbocycles. The third kappa shape index (κ3) is 6.93. The van der Waals surface area contributed by atoms with Crippen molar-refractivity contribution in [2.24, 2.45) is 5.92 Å². The fourth-order valence-electron chi connectivity index (χ4n) is 2.77. The summed E-state index contributed by atoms with van der Waals surface area (Å²) < 4.78 is 5.95. The first kappa shape index (κ1) is 17.6. The van der Waals surface area contributed by atoms with E-state index in [4.69, 9.17) is 4.74 Å². The minimum absolute atomic E-state index is 0.140. The monoisotopic (exact) mass is 318 g/mol. The molecule has 0 radical (unpaired) electrons. The van der Waals surface area contributed by atoms with Gasteiger partial charge in [0.25, 0.3) is 0 Å². The highest BCUT2D eigenvalue weighted by Crippen LogP contribution is 2.24. The van der Waals surface area contributed by atoms with Crippen LogP contribution in [0.4, 0.5) is 5.69 Å². The summed E-state index contributed by atoms with van der Waals surface area (Å²) in [7, 11) is 0. The molecule has 0 saturated heterocycles. The molecule has 128 valence electrons. The van der Waals surface area contributed by atoms with Gasteiger partial charge in [0.2, 0.25) is 5.91 Å². The van der Waals surface area contributed by atoms with Gasteiger partial charge in [0, 0.05) is 25.2 Å². The fraction of sp³-hybridized carbons (Fsp3) is 0.632. The summed E-state index contributed by atoms with van der Waals surface area (Å²) in [6.07, 6.45) is 6.88. The summed E-state index contributed by atoms with van der Waals surface area (Å²) in [4.78, 5) is 11.6. The summed E-state index contributed by atoms with van der Waals surface area (Å²) in [6.45, 7) is 5.65. The Morgan fingerprint density at radius 1 is 1.17 bits per heavy atom. The Bertz CT molecular complexity index is 465. The number of anilines is 1. The molecule has 0 atom stereocenters. The van der Waals surface area contributed by atoms with Crippen LogP contribution in [0.1, 0.15) is 52.4 Å². The lowest BCUT2D eigenvalue weighted by molar-refractivity contribution is -0.121. The van der Waals surface area contributed by atoms with Crippen LogP contribution in [0.2, 0.25) is 0 Å². The van der Waals surface area contributed by atoms with Gasteiger partial charge in [-0.3, -0.25) is 4.79 Å². The van der Waals surface area contributed by atoms with Gasteiger partial charge in [-0.1, -0.05) is 13.8 Å². The van der Waals surface area contributed by atoms with Gasteiger partial charge in [-0.15, -0.1) is 0 Å². The minimum Gasteiger partial charge on any atom is -0.490 e. The van der Waals surface area contributed by atoms with Crippen molar-refractivity contribution in [1.29, 1.82) is 0 Å². The van der Waals surface area contributed by atoms with E-state index in [2.05, 4.69) is 24.5 Å². The molecule has 0 heterocycles. The molecular weight excluding hydrogens is 288 g/mol. The van der Waals surface area contributed by atoms with Crippen LogP contribution in [0.3, 0.4) is 0 Å². The molecule has 1 aromatic carbocycles. The van der Waals surface area contributed by atoms with Crippen molar-refractivity contribution in [2.45, 2.75) is 58.5 Å². The topological polar surface area (TPSA) is 50.4 Å². The van der Waals surface area contributed by atoms with Gasteiger partial charge in [-0.05, 0) is 62.3 Å². The second kappa shape index (κ2) is 9.43. The van der Waals surface area contributed by atoms with Crippen molar-refractivity contribution in [1.82, 2.24) is 5.32 Å². The Balaban J connectivity index is 1.61. The first-order chi connectivity index (χ1) is 11.1. The molecule has 0 bridgehead atoms. The van der Waals surface area contributed by atoms with Gasteiger partial charge in [0.15, 0.2) is 0 Å². The quantitative estimate of drug-likeness (QED) is 0.677. The number of hydrogen-bond acceptors (Lipinski definition) is 3. The van der Waals surface area contributed by atoms with Gasteiger partial charge in [-0.25, -0.2) is 0 Å². The first-order valence-corrected chi connectivity index (χ1v) is 8.91. The number of carbonyl (C=O) groups is 1. The van der Waals surface area contributed by atoms with Gasteiger partial charge in [0.1, 0.15) is 5.75 Å². The first-order valence-electron chi connectivity index (χ1n) is 8.91. The van der Waals surface area contributed by atoms with Gasteiger partial charge in [-0.2, -0.15) is 0 Å². The van der Waals surface area contributed by atoms with Crippen LogP contribution in [-0.4, -0.2) is 25.1 Å². The molecule has 0 unspecified atom stereocenters. The number of nitrogens with one attached hydrogen (secondary N) is 2. The Labute approximate surface area is 140 Å². The minimum atomic E-state index is 0.140. The van der Waals surface area contributed by atoms with E-state index in [1.807, 2.05) is 24.3 Å². The van der Waals surface area contributed by atoms with Crippen molar-refractivity contribution in [3.8, 4) is 5.75 Å². The fourth-order valence-corrected chi connectivity index (χ4v) is 2.77. The second-order valence-electron chi connectivity index (χ2n) is 6.76. The van der Waals surface area contributed by atoms with E-state index in [1.54, 1.807) is 0 Å². The van der Waals surface area contributed by atoms with Crippen molar-refractivity contribution in [2.75, 3.05) is 18.4 Å². The summed E-state index contributed by atoms with van der Waals surface area (Å²) in [5.41, 5.74) is 1.06. The maximum absolute atomic E-state index is 11.6. The molecule has 23 heavy (non-hydrogen) atoms. The Kier molecular flexibility index (Phi) is 7.24. The van der Waals surface area contributed by atoms with E-state index in [0.717, 1.165) is 24.4 Å². The maximum Gasteiger partial charge on any atom is 0.220 e. The largest absolute Gasteiger partial charge is 0.490 e. The summed E-state index contributed by atoms with van der Waals surface area (Å²) in [5, 5.41) is 6.26. The molecule has 0 aliphatic heterocycles. The lowest BCUT2D eigenvalue weighted by Crippen LogP contribution is -2.28. The van der Waals surface area contributed by atoms with E-state index in [1.165, 1.54) is 25.7 Å². The average molecular weight is 318 g/mol.